The van der Waals surface area contributed by atoms with Gasteiger partial charge in [-0.15, -0.1) is 0 Å². The van der Waals surface area contributed by atoms with E-state index in [1.54, 1.807) is 31.5 Å². The van der Waals surface area contributed by atoms with E-state index in [2.05, 4.69) is 10.5 Å². The summed E-state index contributed by atoms with van der Waals surface area (Å²) in [6.07, 6.45) is 1.69. The smallest absolute Gasteiger partial charge is 0.161 e. The molecule has 0 fully saturated rings. The fourth-order valence-electron chi connectivity index (χ4n) is 2.37. The Kier molecular flexibility index (Phi) is 6.58. The van der Waals surface area contributed by atoms with Crippen LogP contribution in [0.5, 0.6) is 11.5 Å². The molecule has 0 radical (unpaired) electrons. The monoisotopic (exact) mass is 400 g/mol. The van der Waals surface area contributed by atoms with Gasteiger partial charge in [-0.25, -0.2) is 0 Å². The van der Waals surface area contributed by atoms with Crippen LogP contribution in [0.2, 0.25) is 10.0 Å². The second-order valence-corrected chi connectivity index (χ2v) is 6.50. The highest BCUT2D eigenvalue weighted by Crippen LogP contribution is 2.28. The van der Waals surface area contributed by atoms with Gasteiger partial charge in [-0.2, -0.15) is 5.10 Å². The van der Waals surface area contributed by atoms with Crippen LogP contribution >= 0.6 is 23.2 Å². The summed E-state index contributed by atoms with van der Waals surface area (Å²) in [6.45, 7) is 0.476. The van der Waals surface area contributed by atoms with Crippen molar-refractivity contribution in [2.75, 3.05) is 12.5 Å². The maximum atomic E-state index is 5.99. The first-order chi connectivity index (χ1) is 13.2. The van der Waals surface area contributed by atoms with Crippen LogP contribution in [0.3, 0.4) is 0 Å². The molecule has 1 N–H and O–H groups in total. The molecule has 138 valence electrons. The Bertz CT molecular complexity index is 931. The Labute approximate surface area is 168 Å². The zero-order valence-corrected chi connectivity index (χ0v) is 16.2. The lowest BCUT2D eigenvalue weighted by Crippen LogP contribution is -1.98. The van der Waals surface area contributed by atoms with Crippen molar-refractivity contribution in [3.8, 4) is 11.5 Å². The molecular formula is C21H18Cl2N2O2. The molecule has 0 spiro atoms. The lowest BCUT2D eigenvalue weighted by atomic mass is 10.2. The molecule has 3 aromatic rings. The number of hydrogen-bond donors (Lipinski definition) is 1. The predicted octanol–water partition coefficient (Wildman–Crippen LogP) is 6.03. The number of halogens is 2. The minimum absolute atomic E-state index is 0.471. The van der Waals surface area contributed by atoms with Gasteiger partial charge in [0, 0.05) is 0 Å². The molecule has 0 amide bonds. The van der Waals surface area contributed by atoms with E-state index in [-0.39, 0.29) is 0 Å². The fraction of sp³-hybridized carbons (Fsp3) is 0.0952. The molecule has 27 heavy (non-hydrogen) atoms. The van der Waals surface area contributed by atoms with E-state index in [9.17, 15) is 0 Å². The van der Waals surface area contributed by atoms with Crippen LogP contribution in [0.15, 0.2) is 71.8 Å². The Hall–Kier alpha value is -2.69. The Balaban J connectivity index is 1.65. The third kappa shape index (κ3) is 5.39. The first-order valence-corrected chi connectivity index (χ1v) is 9.00. The Morgan fingerprint density at radius 1 is 0.926 bits per heavy atom. The van der Waals surface area contributed by atoms with Crippen LogP contribution in [0.25, 0.3) is 0 Å². The molecule has 3 aromatic carbocycles. The van der Waals surface area contributed by atoms with Gasteiger partial charge in [0.15, 0.2) is 11.5 Å². The molecule has 0 atom stereocenters. The van der Waals surface area contributed by atoms with Gasteiger partial charge < -0.3 is 9.47 Å². The van der Waals surface area contributed by atoms with Crippen molar-refractivity contribution < 1.29 is 9.47 Å². The van der Waals surface area contributed by atoms with Gasteiger partial charge in [-0.3, -0.25) is 5.43 Å². The van der Waals surface area contributed by atoms with Gasteiger partial charge in [0.2, 0.25) is 0 Å². The third-order valence-corrected chi connectivity index (χ3v) is 4.49. The van der Waals surface area contributed by atoms with Crippen molar-refractivity contribution in [3.05, 3.63) is 87.9 Å². The standard InChI is InChI=1S/C21H18Cl2N2O2/c1-26-21-11-16(13-24-25-17-8-9-18(22)19(23)12-17)7-10-20(21)27-14-15-5-3-2-4-6-15/h2-13,25H,14H2,1H3/b24-13-. The predicted molar refractivity (Wildman–Crippen MR) is 111 cm³/mol. The minimum Gasteiger partial charge on any atom is -0.493 e. The van der Waals surface area contributed by atoms with Gasteiger partial charge in [0.25, 0.3) is 0 Å². The lowest BCUT2D eigenvalue weighted by molar-refractivity contribution is 0.284. The van der Waals surface area contributed by atoms with E-state index in [1.807, 2.05) is 48.5 Å². The maximum Gasteiger partial charge on any atom is 0.161 e. The minimum atomic E-state index is 0.471. The molecule has 0 aliphatic rings. The van der Waals surface area contributed by atoms with Crippen LogP contribution in [-0.4, -0.2) is 13.3 Å². The molecule has 0 aromatic heterocycles. The number of benzene rings is 3. The molecule has 0 aliphatic heterocycles. The van der Waals surface area contributed by atoms with E-state index in [4.69, 9.17) is 32.7 Å². The topological polar surface area (TPSA) is 42.8 Å². The summed E-state index contributed by atoms with van der Waals surface area (Å²) < 4.78 is 11.3. The zero-order valence-electron chi connectivity index (χ0n) is 14.7. The summed E-state index contributed by atoms with van der Waals surface area (Å²) in [5.41, 5.74) is 5.62. The average Bonchev–Trinajstić information content (AvgIpc) is 2.70. The van der Waals surface area contributed by atoms with E-state index < -0.39 is 0 Å². The zero-order chi connectivity index (χ0) is 19.1. The van der Waals surface area contributed by atoms with E-state index in [0.717, 1.165) is 16.8 Å². The first-order valence-electron chi connectivity index (χ1n) is 8.24. The molecule has 0 bridgehead atoms. The van der Waals surface area contributed by atoms with Crippen LogP contribution in [-0.2, 0) is 6.61 Å². The van der Waals surface area contributed by atoms with Crippen molar-refractivity contribution in [2.24, 2.45) is 5.10 Å². The van der Waals surface area contributed by atoms with Gasteiger partial charge in [0.05, 0.1) is 29.1 Å². The molecule has 0 aliphatic carbocycles. The second kappa shape index (κ2) is 9.31. The summed E-state index contributed by atoms with van der Waals surface area (Å²) >= 11 is 11.9. The van der Waals surface area contributed by atoms with E-state index >= 15 is 0 Å². The van der Waals surface area contributed by atoms with Gasteiger partial charge in [-0.05, 0) is 47.5 Å². The Morgan fingerprint density at radius 3 is 2.48 bits per heavy atom. The van der Waals surface area contributed by atoms with Crippen LogP contribution < -0.4 is 14.9 Å². The number of nitrogens with one attached hydrogen (secondary N) is 1. The van der Waals surface area contributed by atoms with Crippen molar-refractivity contribution in [2.45, 2.75) is 6.61 Å². The molecule has 4 nitrogen and oxygen atoms in total. The van der Waals surface area contributed by atoms with Gasteiger partial charge >= 0.3 is 0 Å². The van der Waals surface area contributed by atoms with Gasteiger partial charge in [0.1, 0.15) is 6.61 Å². The van der Waals surface area contributed by atoms with Crippen LogP contribution in [0.4, 0.5) is 5.69 Å². The second-order valence-electron chi connectivity index (χ2n) is 5.68. The van der Waals surface area contributed by atoms with Crippen molar-refractivity contribution in [1.29, 1.82) is 0 Å². The molecule has 6 heteroatoms. The summed E-state index contributed by atoms with van der Waals surface area (Å²) in [4.78, 5) is 0. The molecular weight excluding hydrogens is 383 g/mol. The largest absolute Gasteiger partial charge is 0.493 e. The number of nitrogens with zero attached hydrogens (tertiary/aromatic N) is 1. The first kappa shape index (κ1) is 19.1. The Morgan fingerprint density at radius 2 is 1.74 bits per heavy atom. The van der Waals surface area contributed by atoms with E-state index in [0.29, 0.717) is 28.2 Å². The summed E-state index contributed by atoms with van der Waals surface area (Å²) in [7, 11) is 1.61. The SMILES string of the molecule is COc1cc(/C=N\Nc2ccc(Cl)c(Cl)c2)ccc1OCc1ccccc1. The number of ether oxygens (including phenoxy) is 2. The molecule has 0 saturated carbocycles. The fourth-order valence-corrected chi connectivity index (χ4v) is 2.66. The highest BCUT2D eigenvalue weighted by atomic mass is 35.5. The van der Waals surface area contributed by atoms with Crippen molar-refractivity contribution in [3.63, 3.8) is 0 Å². The highest BCUT2D eigenvalue weighted by Gasteiger charge is 2.05. The quantitative estimate of drug-likeness (QED) is 0.389. The summed E-state index contributed by atoms with van der Waals surface area (Å²) in [6, 6.07) is 20.8. The third-order valence-electron chi connectivity index (χ3n) is 3.75. The highest BCUT2D eigenvalue weighted by molar-refractivity contribution is 6.42. The molecule has 3 rings (SSSR count). The molecule has 0 unspecified atom stereocenters. The van der Waals surface area contributed by atoms with Gasteiger partial charge in [-0.1, -0.05) is 53.5 Å². The number of anilines is 1. The summed E-state index contributed by atoms with van der Waals surface area (Å²) in [5, 5.41) is 5.18. The number of methoxy groups -OCH3 is 1. The van der Waals surface area contributed by atoms with E-state index in [1.165, 1.54) is 0 Å². The van der Waals surface area contributed by atoms with Crippen molar-refractivity contribution >= 4 is 35.1 Å². The normalized spacial score (nSPS) is 10.8. The average molecular weight is 401 g/mol. The summed E-state index contributed by atoms with van der Waals surface area (Å²) in [5.74, 6) is 1.32. The number of hydrazone groups is 1. The van der Waals surface area contributed by atoms with Crippen LogP contribution in [0, 0.1) is 0 Å². The lowest BCUT2D eigenvalue weighted by Gasteiger charge is -2.11. The number of rotatable bonds is 7. The van der Waals surface area contributed by atoms with Crippen molar-refractivity contribution in [1.82, 2.24) is 0 Å². The van der Waals surface area contributed by atoms with Crippen LogP contribution in [0.1, 0.15) is 11.1 Å². The molecule has 0 heterocycles. The molecule has 0 saturated heterocycles. The maximum absolute atomic E-state index is 5.99. The number of hydrogen-bond acceptors (Lipinski definition) is 4.